The third kappa shape index (κ3) is 3.01. The van der Waals surface area contributed by atoms with E-state index < -0.39 is 5.63 Å². The second kappa shape index (κ2) is 6.23. The number of para-hydroxylation sites is 1. The molecule has 0 fully saturated rings. The number of hydrogen-bond acceptors (Lipinski definition) is 6. The maximum absolute atomic E-state index is 12.2. The van der Waals surface area contributed by atoms with Gasteiger partial charge >= 0.3 is 5.63 Å². The molecule has 4 rings (SSSR count). The minimum absolute atomic E-state index is 0.408. The predicted molar refractivity (Wildman–Crippen MR) is 98.0 cm³/mol. The van der Waals surface area contributed by atoms with Crippen molar-refractivity contribution in [2.75, 3.05) is 5.32 Å². The molecule has 0 aliphatic carbocycles. The fourth-order valence-electron chi connectivity index (χ4n) is 2.45. The summed E-state index contributed by atoms with van der Waals surface area (Å²) in [4.78, 5) is 16.7. The van der Waals surface area contributed by atoms with Crippen LogP contribution in [0, 0.1) is 11.3 Å². The van der Waals surface area contributed by atoms with Crippen LogP contribution in [0.2, 0.25) is 0 Å². The first-order valence-electron chi connectivity index (χ1n) is 7.49. The van der Waals surface area contributed by atoms with Crippen molar-refractivity contribution in [2.45, 2.75) is 0 Å². The first kappa shape index (κ1) is 15.1. The molecule has 0 spiro atoms. The summed E-state index contributed by atoms with van der Waals surface area (Å²) in [6, 6.07) is 18.3. The maximum atomic E-state index is 12.2. The van der Waals surface area contributed by atoms with E-state index in [1.165, 1.54) is 11.3 Å². The highest BCUT2D eigenvalue weighted by Crippen LogP contribution is 2.27. The molecule has 4 aromatic rings. The SMILES string of the molecule is N#Cc1ccc(Nc2nc(-c3cc4ccccc4oc3=O)cs2)cc1. The van der Waals surface area contributed by atoms with Crippen LogP contribution in [0.3, 0.4) is 0 Å². The third-order valence-electron chi connectivity index (χ3n) is 3.69. The summed E-state index contributed by atoms with van der Waals surface area (Å²) in [6.07, 6.45) is 0. The topological polar surface area (TPSA) is 78.9 Å². The van der Waals surface area contributed by atoms with E-state index in [-0.39, 0.29) is 0 Å². The van der Waals surface area contributed by atoms with Crippen LogP contribution in [0.1, 0.15) is 5.56 Å². The zero-order valence-electron chi connectivity index (χ0n) is 12.9. The summed E-state index contributed by atoms with van der Waals surface area (Å²) in [5, 5.41) is 15.3. The van der Waals surface area contributed by atoms with E-state index in [0.717, 1.165) is 11.1 Å². The van der Waals surface area contributed by atoms with Gasteiger partial charge in [0.25, 0.3) is 0 Å². The lowest BCUT2D eigenvalue weighted by Crippen LogP contribution is -2.02. The molecule has 0 aliphatic heterocycles. The van der Waals surface area contributed by atoms with Crippen molar-refractivity contribution in [2.24, 2.45) is 0 Å². The molecule has 5 nitrogen and oxygen atoms in total. The first-order valence-corrected chi connectivity index (χ1v) is 8.37. The summed E-state index contributed by atoms with van der Waals surface area (Å²) in [7, 11) is 0. The van der Waals surface area contributed by atoms with Gasteiger partial charge in [-0.05, 0) is 36.4 Å². The number of fused-ring (bicyclic) bond motifs is 1. The van der Waals surface area contributed by atoms with Gasteiger partial charge in [-0.15, -0.1) is 11.3 Å². The summed E-state index contributed by atoms with van der Waals surface area (Å²) in [5.74, 6) is 0. The smallest absolute Gasteiger partial charge is 0.345 e. The van der Waals surface area contributed by atoms with Crippen molar-refractivity contribution in [1.29, 1.82) is 5.26 Å². The molecule has 25 heavy (non-hydrogen) atoms. The quantitative estimate of drug-likeness (QED) is 0.552. The number of aromatic nitrogens is 1. The van der Waals surface area contributed by atoms with E-state index in [1.807, 2.05) is 35.7 Å². The molecule has 0 unspecified atom stereocenters. The highest BCUT2D eigenvalue weighted by Gasteiger charge is 2.11. The normalized spacial score (nSPS) is 10.5. The molecular formula is C19H11N3O2S. The van der Waals surface area contributed by atoms with Crippen LogP contribution in [0.5, 0.6) is 0 Å². The number of benzene rings is 2. The summed E-state index contributed by atoms with van der Waals surface area (Å²) >= 11 is 1.40. The van der Waals surface area contributed by atoms with Crippen molar-refractivity contribution in [3.05, 3.63) is 76.0 Å². The Kier molecular flexibility index (Phi) is 3.77. The van der Waals surface area contributed by atoms with E-state index in [4.69, 9.17) is 9.68 Å². The molecule has 0 amide bonds. The van der Waals surface area contributed by atoms with Crippen LogP contribution in [0.15, 0.2) is 69.2 Å². The Morgan fingerprint density at radius 2 is 1.92 bits per heavy atom. The summed E-state index contributed by atoms with van der Waals surface area (Å²) < 4.78 is 5.36. The average molecular weight is 345 g/mol. The van der Waals surface area contributed by atoms with Crippen molar-refractivity contribution < 1.29 is 4.42 Å². The molecule has 0 atom stereocenters. The molecule has 1 N–H and O–H groups in total. The fraction of sp³-hybridized carbons (Fsp3) is 0. The van der Waals surface area contributed by atoms with Crippen LogP contribution < -0.4 is 10.9 Å². The minimum atomic E-state index is -0.408. The molecule has 2 aromatic carbocycles. The average Bonchev–Trinajstić information content (AvgIpc) is 3.10. The van der Waals surface area contributed by atoms with Gasteiger partial charge in [-0.25, -0.2) is 9.78 Å². The summed E-state index contributed by atoms with van der Waals surface area (Å²) in [6.45, 7) is 0. The van der Waals surface area contributed by atoms with Gasteiger partial charge in [-0.3, -0.25) is 0 Å². The molecule has 0 saturated carbocycles. The van der Waals surface area contributed by atoms with Crippen molar-refractivity contribution in [3.63, 3.8) is 0 Å². The van der Waals surface area contributed by atoms with Crippen molar-refractivity contribution in [1.82, 2.24) is 4.98 Å². The van der Waals surface area contributed by atoms with Gasteiger partial charge in [-0.2, -0.15) is 5.26 Å². The molecule has 0 saturated heterocycles. The third-order valence-corrected chi connectivity index (χ3v) is 4.44. The highest BCUT2D eigenvalue weighted by molar-refractivity contribution is 7.14. The lowest BCUT2D eigenvalue weighted by atomic mass is 10.1. The van der Waals surface area contributed by atoms with E-state index in [1.54, 1.807) is 24.3 Å². The van der Waals surface area contributed by atoms with Gasteiger partial charge in [0.05, 0.1) is 22.9 Å². The van der Waals surface area contributed by atoms with Gasteiger partial charge in [0, 0.05) is 16.5 Å². The molecule has 2 heterocycles. The number of hydrogen-bond donors (Lipinski definition) is 1. The number of rotatable bonds is 3. The van der Waals surface area contributed by atoms with Gasteiger partial charge in [0.1, 0.15) is 5.58 Å². The zero-order chi connectivity index (χ0) is 17.2. The Bertz CT molecular complexity index is 1150. The molecule has 0 aliphatic rings. The maximum Gasteiger partial charge on any atom is 0.345 e. The number of thiazole rings is 1. The van der Waals surface area contributed by atoms with Gasteiger partial charge < -0.3 is 9.73 Å². The molecule has 6 heteroatoms. The minimum Gasteiger partial charge on any atom is -0.422 e. The van der Waals surface area contributed by atoms with Gasteiger partial charge in [0.15, 0.2) is 5.13 Å². The van der Waals surface area contributed by atoms with Crippen LogP contribution in [0.4, 0.5) is 10.8 Å². The Morgan fingerprint density at radius 3 is 2.72 bits per heavy atom. The molecule has 0 bridgehead atoms. The molecule has 0 radical (unpaired) electrons. The number of nitriles is 1. The van der Waals surface area contributed by atoms with Crippen molar-refractivity contribution >= 4 is 33.1 Å². The second-order valence-corrected chi connectivity index (χ2v) is 6.20. The first-order chi connectivity index (χ1) is 12.2. The fourth-order valence-corrected chi connectivity index (χ4v) is 3.18. The summed E-state index contributed by atoms with van der Waals surface area (Å²) in [5.41, 5.74) is 2.57. The Labute approximate surface area is 146 Å². The molecule has 2 aromatic heterocycles. The second-order valence-electron chi connectivity index (χ2n) is 5.34. The largest absolute Gasteiger partial charge is 0.422 e. The Balaban J connectivity index is 1.65. The zero-order valence-corrected chi connectivity index (χ0v) is 13.7. The van der Waals surface area contributed by atoms with Gasteiger partial charge in [-0.1, -0.05) is 18.2 Å². The predicted octanol–water partition coefficient (Wildman–Crippen LogP) is 4.53. The molecular weight excluding hydrogens is 334 g/mol. The Hall–Kier alpha value is -3.43. The monoisotopic (exact) mass is 345 g/mol. The van der Waals surface area contributed by atoms with E-state index in [9.17, 15) is 4.79 Å². The number of nitrogens with one attached hydrogen (secondary N) is 1. The standard InChI is InChI=1S/C19H11N3O2S/c20-10-12-5-7-14(8-6-12)21-19-22-16(11-25-19)15-9-13-3-1-2-4-17(13)24-18(15)23/h1-9,11H,(H,21,22). The van der Waals surface area contributed by atoms with Crippen LogP contribution in [0.25, 0.3) is 22.2 Å². The lowest BCUT2D eigenvalue weighted by Gasteiger charge is -2.02. The van der Waals surface area contributed by atoms with E-state index >= 15 is 0 Å². The highest BCUT2D eigenvalue weighted by atomic mass is 32.1. The van der Waals surface area contributed by atoms with E-state index in [2.05, 4.69) is 16.4 Å². The lowest BCUT2D eigenvalue weighted by molar-refractivity contribution is 0.563. The number of nitrogens with zero attached hydrogens (tertiary/aromatic N) is 2. The number of anilines is 2. The Morgan fingerprint density at radius 1 is 1.12 bits per heavy atom. The van der Waals surface area contributed by atoms with Crippen molar-refractivity contribution in [3.8, 4) is 17.3 Å². The van der Waals surface area contributed by atoms with Gasteiger partial charge in [0.2, 0.25) is 0 Å². The molecule has 120 valence electrons. The van der Waals surface area contributed by atoms with Crippen LogP contribution in [-0.2, 0) is 0 Å². The van der Waals surface area contributed by atoms with E-state index in [0.29, 0.717) is 27.5 Å². The van der Waals surface area contributed by atoms with Crippen LogP contribution >= 0.6 is 11.3 Å². The van der Waals surface area contributed by atoms with Crippen LogP contribution in [-0.4, -0.2) is 4.98 Å².